The summed E-state index contributed by atoms with van der Waals surface area (Å²) < 4.78 is 67.0. The number of benzene rings is 1. The molecular formula is C17H21N5O9S2. The highest BCUT2D eigenvalue weighted by Gasteiger charge is 2.24. The van der Waals surface area contributed by atoms with Crippen LogP contribution < -0.4 is 24.2 Å². The van der Waals surface area contributed by atoms with Crippen molar-refractivity contribution in [1.82, 2.24) is 19.4 Å². The quantitative estimate of drug-likeness (QED) is 0.385. The van der Waals surface area contributed by atoms with E-state index in [1.54, 1.807) is 4.72 Å². The number of hydrogen-bond acceptors (Lipinski definition) is 11. The average Bonchev–Trinajstić information content (AvgIpc) is 2.75. The summed E-state index contributed by atoms with van der Waals surface area (Å²) in [6, 6.07) is 3.51. The second-order valence-electron chi connectivity index (χ2n) is 6.24. The van der Waals surface area contributed by atoms with Crippen molar-refractivity contribution in [3.05, 3.63) is 35.4 Å². The Morgan fingerprint density at radius 2 is 1.58 bits per heavy atom. The van der Waals surface area contributed by atoms with Gasteiger partial charge in [-0.1, -0.05) is 6.07 Å². The van der Waals surface area contributed by atoms with E-state index in [0.29, 0.717) is 0 Å². The van der Waals surface area contributed by atoms with E-state index in [2.05, 4.69) is 24.7 Å². The van der Waals surface area contributed by atoms with Gasteiger partial charge in [-0.05, 0) is 17.7 Å². The van der Waals surface area contributed by atoms with Gasteiger partial charge in [0.2, 0.25) is 27.7 Å². The fourth-order valence-electron chi connectivity index (χ4n) is 2.38. The van der Waals surface area contributed by atoms with Crippen molar-refractivity contribution in [1.29, 1.82) is 0 Å². The highest BCUT2D eigenvalue weighted by molar-refractivity contribution is 7.90. The molecule has 0 bridgehead atoms. The monoisotopic (exact) mass is 503 g/mol. The van der Waals surface area contributed by atoms with Gasteiger partial charge in [0, 0.05) is 6.54 Å². The van der Waals surface area contributed by atoms with Crippen LogP contribution in [-0.2, 0) is 31.3 Å². The van der Waals surface area contributed by atoms with Crippen LogP contribution in [0.1, 0.15) is 15.9 Å². The minimum atomic E-state index is -4.60. The molecule has 0 atom stereocenters. The molecule has 0 spiro atoms. The summed E-state index contributed by atoms with van der Waals surface area (Å²) in [5, 5.41) is 2.13. The number of carbonyl (C=O) groups excluding carboxylic acids is 2. The van der Waals surface area contributed by atoms with E-state index < -0.39 is 43.5 Å². The van der Waals surface area contributed by atoms with Gasteiger partial charge in [0.05, 0.1) is 44.1 Å². The summed E-state index contributed by atoms with van der Waals surface area (Å²) in [5.41, 5.74) is -0.171. The number of hydrogen-bond donors (Lipinski definition) is 3. The Morgan fingerprint density at radius 3 is 2.09 bits per heavy atom. The molecule has 14 nitrogen and oxygen atoms in total. The van der Waals surface area contributed by atoms with E-state index in [4.69, 9.17) is 9.47 Å². The number of nitrogens with zero attached hydrogens (tertiary/aromatic N) is 2. The number of esters is 1. The lowest BCUT2D eigenvalue weighted by molar-refractivity contribution is 0.0600. The van der Waals surface area contributed by atoms with Crippen LogP contribution in [0.3, 0.4) is 0 Å². The molecule has 33 heavy (non-hydrogen) atoms. The fourth-order valence-corrected chi connectivity index (χ4v) is 3.97. The van der Waals surface area contributed by atoms with Crippen molar-refractivity contribution in [3.63, 3.8) is 0 Å². The van der Waals surface area contributed by atoms with Gasteiger partial charge in [0.25, 0.3) is 10.0 Å². The van der Waals surface area contributed by atoms with Crippen molar-refractivity contribution < 1.29 is 40.6 Å². The second-order valence-corrected chi connectivity index (χ2v) is 9.73. The minimum absolute atomic E-state index is 0.0346. The van der Waals surface area contributed by atoms with Gasteiger partial charge in [-0.2, -0.15) is 9.97 Å². The third-order valence-electron chi connectivity index (χ3n) is 3.85. The van der Waals surface area contributed by atoms with Crippen LogP contribution in [-0.4, -0.2) is 66.4 Å². The number of anilines is 1. The van der Waals surface area contributed by atoms with Gasteiger partial charge >= 0.3 is 12.0 Å². The maximum atomic E-state index is 12.9. The normalized spacial score (nSPS) is 11.4. The van der Waals surface area contributed by atoms with Gasteiger partial charge in [0.15, 0.2) is 0 Å². The molecular weight excluding hydrogens is 482 g/mol. The molecule has 1 heterocycles. The molecule has 2 aromatic rings. The molecule has 2 rings (SSSR count). The van der Waals surface area contributed by atoms with Crippen LogP contribution in [0.5, 0.6) is 11.8 Å². The molecule has 1 aromatic heterocycles. The summed E-state index contributed by atoms with van der Waals surface area (Å²) in [7, 11) is -4.53. The topological polar surface area (TPSA) is 192 Å². The summed E-state index contributed by atoms with van der Waals surface area (Å²) >= 11 is 0. The van der Waals surface area contributed by atoms with Crippen molar-refractivity contribution >= 4 is 38.0 Å². The zero-order valence-electron chi connectivity index (χ0n) is 17.9. The summed E-state index contributed by atoms with van der Waals surface area (Å²) in [5.74, 6) is -1.07. The lowest BCUT2D eigenvalue weighted by Crippen LogP contribution is -2.36. The van der Waals surface area contributed by atoms with Crippen LogP contribution >= 0.6 is 0 Å². The molecule has 0 aliphatic carbocycles. The fraction of sp³-hybridized carbons (Fsp3) is 0.294. The van der Waals surface area contributed by atoms with E-state index in [9.17, 15) is 26.4 Å². The first kappa shape index (κ1) is 25.8. The number of aromatic nitrogens is 2. The highest BCUT2D eigenvalue weighted by atomic mass is 32.2. The summed E-state index contributed by atoms with van der Waals surface area (Å²) in [4.78, 5) is 31.3. The number of urea groups is 1. The first-order valence-corrected chi connectivity index (χ1v) is 12.2. The number of sulfonamides is 2. The van der Waals surface area contributed by atoms with Gasteiger partial charge in [-0.3, -0.25) is 5.32 Å². The number of rotatable bonds is 9. The molecule has 0 saturated carbocycles. The standard InChI is InChI=1S/C17H21N5O9S2/c1-29-13-8-14(30-2)20-16(19-13)21-17(24)22-33(27,28)12-7-10(15(23)31-3)5-6-11(12)9-18-32(4,25)26/h5-8,18H,9H2,1-4H3,(H2,19,20,21,22,24). The van der Waals surface area contributed by atoms with Crippen molar-refractivity contribution in [2.45, 2.75) is 11.4 Å². The number of nitrogens with one attached hydrogen (secondary N) is 3. The molecule has 3 N–H and O–H groups in total. The van der Waals surface area contributed by atoms with E-state index in [1.807, 2.05) is 0 Å². The summed E-state index contributed by atoms with van der Waals surface area (Å²) in [6.45, 7) is -0.422. The third-order valence-corrected chi connectivity index (χ3v) is 5.93. The molecule has 0 aliphatic heterocycles. The largest absolute Gasteiger partial charge is 0.481 e. The SMILES string of the molecule is COC(=O)c1ccc(CNS(C)(=O)=O)c(S(=O)(=O)NC(=O)Nc2nc(OC)cc(OC)n2)c1. The second kappa shape index (κ2) is 10.4. The smallest absolute Gasteiger partial charge is 0.337 e. The number of carbonyl (C=O) groups is 2. The Morgan fingerprint density at radius 1 is 0.970 bits per heavy atom. The Kier molecular flexibility index (Phi) is 8.13. The average molecular weight is 504 g/mol. The van der Waals surface area contributed by atoms with E-state index in [1.165, 1.54) is 32.4 Å². The molecule has 0 aliphatic rings. The first-order valence-electron chi connectivity index (χ1n) is 8.85. The van der Waals surface area contributed by atoms with Gasteiger partial charge < -0.3 is 14.2 Å². The van der Waals surface area contributed by atoms with Gasteiger partial charge in [-0.15, -0.1) is 0 Å². The van der Waals surface area contributed by atoms with Gasteiger partial charge in [-0.25, -0.2) is 35.9 Å². The van der Waals surface area contributed by atoms with Crippen molar-refractivity contribution in [2.75, 3.05) is 32.9 Å². The zero-order valence-corrected chi connectivity index (χ0v) is 19.5. The summed E-state index contributed by atoms with van der Waals surface area (Å²) in [6.07, 6.45) is 0.887. The van der Waals surface area contributed by atoms with Gasteiger partial charge in [0.1, 0.15) is 0 Å². The Bertz CT molecular complexity index is 1240. The molecule has 0 fully saturated rings. The molecule has 2 amide bonds. The number of ether oxygens (including phenoxy) is 3. The molecule has 16 heteroatoms. The Labute approximate surface area is 189 Å². The predicted molar refractivity (Wildman–Crippen MR) is 114 cm³/mol. The molecule has 1 aromatic carbocycles. The molecule has 0 saturated heterocycles. The lowest BCUT2D eigenvalue weighted by Gasteiger charge is -2.14. The number of amides is 2. The Hall–Kier alpha value is -3.50. The van der Waals surface area contributed by atoms with Crippen molar-refractivity contribution in [2.24, 2.45) is 0 Å². The predicted octanol–water partition coefficient (Wildman–Crippen LogP) is -0.160. The third kappa shape index (κ3) is 7.26. The van der Waals surface area contributed by atoms with Crippen molar-refractivity contribution in [3.8, 4) is 11.8 Å². The lowest BCUT2D eigenvalue weighted by atomic mass is 10.1. The van der Waals surface area contributed by atoms with Crippen LogP contribution in [0.15, 0.2) is 29.2 Å². The molecule has 0 radical (unpaired) electrons. The highest BCUT2D eigenvalue weighted by Crippen LogP contribution is 2.20. The van der Waals surface area contributed by atoms with E-state index in [0.717, 1.165) is 19.4 Å². The minimum Gasteiger partial charge on any atom is -0.481 e. The Balaban J connectivity index is 2.36. The first-order chi connectivity index (χ1) is 15.4. The number of methoxy groups -OCH3 is 3. The zero-order chi connectivity index (χ0) is 24.8. The van der Waals surface area contributed by atoms with E-state index in [-0.39, 0.29) is 28.8 Å². The molecule has 0 unspecified atom stereocenters. The van der Waals surface area contributed by atoms with Crippen LogP contribution in [0.4, 0.5) is 10.7 Å². The van der Waals surface area contributed by atoms with Crippen LogP contribution in [0.2, 0.25) is 0 Å². The van der Waals surface area contributed by atoms with Crippen LogP contribution in [0.25, 0.3) is 0 Å². The van der Waals surface area contributed by atoms with E-state index >= 15 is 0 Å². The maximum absolute atomic E-state index is 12.9. The van der Waals surface area contributed by atoms with Crippen LogP contribution in [0, 0.1) is 0 Å². The molecule has 180 valence electrons. The maximum Gasteiger partial charge on any atom is 0.337 e.